The number of nitrogens with one attached hydrogen (secondary N) is 3. The molecule has 0 radical (unpaired) electrons. The third-order valence-corrected chi connectivity index (χ3v) is 10.0. The van der Waals surface area contributed by atoms with Crippen LogP contribution in [0.5, 0.6) is 11.5 Å². The molecule has 6 aromatic rings. The lowest BCUT2D eigenvalue weighted by Crippen LogP contribution is -2.32. The number of thiophene rings is 1. The van der Waals surface area contributed by atoms with Crippen molar-refractivity contribution in [3.63, 3.8) is 0 Å². The lowest BCUT2D eigenvalue weighted by atomic mass is 9.95. The highest BCUT2D eigenvalue weighted by atomic mass is 32.1. The number of carbonyl (C=O) groups excluding carboxylic acids is 2. The second-order valence-electron chi connectivity index (χ2n) is 11.9. The summed E-state index contributed by atoms with van der Waals surface area (Å²) < 4.78 is 14.1. The summed E-state index contributed by atoms with van der Waals surface area (Å²) in [6.07, 6.45) is 5.16. The molecule has 2 aromatic carbocycles. The molecule has 0 saturated carbocycles. The van der Waals surface area contributed by atoms with Crippen molar-refractivity contribution in [2.75, 3.05) is 17.4 Å². The summed E-state index contributed by atoms with van der Waals surface area (Å²) in [6, 6.07) is 19.7. The van der Waals surface area contributed by atoms with Crippen LogP contribution in [0.25, 0.3) is 16.7 Å². The largest absolute Gasteiger partial charge is 0.454 e. The summed E-state index contributed by atoms with van der Waals surface area (Å²) in [5.74, 6) is 0.303. The molecule has 0 unspecified atom stereocenters. The minimum absolute atomic E-state index is 0.0180. The van der Waals surface area contributed by atoms with Crippen LogP contribution in [-0.2, 0) is 19.4 Å². The summed E-state index contributed by atoms with van der Waals surface area (Å²) in [7, 11) is 0. The third-order valence-electron chi connectivity index (χ3n) is 8.81. The summed E-state index contributed by atoms with van der Waals surface area (Å²) in [6.45, 7) is 2.13. The molecule has 0 fully saturated rings. The SMILES string of the molecule is Cc1cccn2c(=O)c3cc(C(=O)Nc4sc5c(c4C(=O)Nc4ccccc4)CCCC5)c(=N)n(Cc4ccc5c(c4)OCO5)c3nc12. The molecule has 240 valence electrons. The van der Waals surface area contributed by atoms with E-state index in [0.717, 1.165) is 47.3 Å². The fraction of sp³-hybridized carbons (Fsp3) is 0.194. The zero-order chi connectivity index (χ0) is 32.9. The van der Waals surface area contributed by atoms with E-state index in [2.05, 4.69) is 10.6 Å². The maximum absolute atomic E-state index is 14.2. The van der Waals surface area contributed by atoms with Gasteiger partial charge in [0.25, 0.3) is 17.4 Å². The number of ether oxygens (including phenoxy) is 2. The number of pyridine rings is 2. The molecule has 1 aliphatic heterocycles. The first kappa shape index (κ1) is 29.6. The molecular weight excluding hydrogens is 629 g/mol. The number of carbonyl (C=O) groups is 2. The number of aromatic nitrogens is 3. The Labute approximate surface area is 277 Å². The number of fused-ring (bicyclic) bond motifs is 4. The van der Waals surface area contributed by atoms with Crippen molar-refractivity contribution in [3.05, 3.63) is 121 Å². The average molecular weight is 659 g/mol. The van der Waals surface area contributed by atoms with Crippen LogP contribution >= 0.6 is 11.3 Å². The van der Waals surface area contributed by atoms with Crippen molar-refractivity contribution in [2.45, 2.75) is 39.2 Å². The van der Waals surface area contributed by atoms with Crippen molar-refractivity contribution in [2.24, 2.45) is 0 Å². The normalized spacial score (nSPS) is 13.4. The number of nitrogens with zero attached hydrogens (tertiary/aromatic N) is 3. The number of anilines is 2. The number of hydrogen-bond donors (Lipinski definition) is 3. The van der Waals surface area contributed by atoms with E-state index in [4.69, 9.17) is 14.5 Å². The summed E-state index contributed by atoms with van der Waals surface area (Å²) in [5.41, 5.74) is 3.84. The molecule has 2 aliphatic rings. The van der Waals surface area contributed by atoms with Crippen molar-refractivity contribution in [1.82, 2.24) is 14.0 Å². The van der Waals surface area contributed by atoms with Gasteiger partial charge in [0.1, 0.15) is 21.8 Å². The fourth-order valence-electron chi connectivity index (χ4n) is 6.43. The van der Waals surface area contributed by atoms with Crippen LogP contribution in [0.15, 0.2) is 77.7 Å². The predicted molar refractivity (Wildman–Crippen MR) is 183 cm³/mol. The topological polar surface area (TPSA) is 140 Å². The molecular formula is C36H30N6O5S. The molecule has 8 rings (SSSR count). The Morgan fingerprint density at radius 1 is 0.938 bits per heavy atom. The minimum Gasteiger partial charge on any atom is -0.454 e. The van der Waals surface area contributed by atoms with Gasteiger partial charge < -0.3 is 24.7 Å². The van der Waals surface area contributed by atoms with Gasteiger partial charge in [-0.1, -0.05) is 30.3 Å². The number of aryl methyl sites for hydroxylation is 2. The van der Waals surface area contributed by atoms with Gasteiger partial charge in [-0.2, -0.15) is 0 Å². The van der Waals surface area contributed by atoms with Crippen molar-refractivity contribution < 1.29 is 19.1 Å². The third kappa shape index (κ3) is 5.10. The van der Waals surface area contributed by atoms with Gasteiger partial charge in [0.2, 0.25) is 6.79 Å². The number of amides is 2. The van der Waals surface area contributed by atoms with E-state index in [1.165, 1.54) is 21.8 Å². The van der Waals surface area contributed by atoms with E-state index in [9.17, 15) is 19.8 Å². The molecule has 3 N–H and O–H groups in total. The highest BCUT2D eigenvalue weighted by Crippen LogP contribution is 2.39. The molecule has 0 bridgehead atoms. The Kier molecular flexibility index (Phi) is 7.29. The average Bonchev–Trinajstić information content (AvgIpc) is 3.71. The lowest BCUT2D eigenvalue weighted by molar-refractivity contribution is 0.102. The maximum atomic E-state index is 14.2. The van der Waals surface area contributed by atoms with E-state index in [-0.39, 0.29) is 46.9 Å². The van der Waals surface area contributed by atoms with Gasteiger partial charge in [-0.05, 0) is 85.7 Å². The second kappa shape index (κ2) is 11.8. The van der Waals surface area contributed by atoms with Crippen LogP contribution in [0.4, 0.5) is 10.7 Å². The highest BCUT2D eigenvalue weighted by molar-refractivity contribution is 7.17. The smallest absolute Gasteiger partial charge is 0.267 e. The van der Waals surface area contributed by atoms with E-state index in [0.29, 0.717) is 33.4 Å². The van der Waals surface area contributed by atoms with Crippen molar-refractivity contribution in [3.8, 4) is 11.5 Å². The van der Waals surface area contributed by atoms with Crippen LogP contribution < -0.4 is 31.2 Å². The molecule has 2 amide bonds. The molecule has 1 aliphatic carbocycles. The Hall–Kier alpha value is -5.75. The van der Waals surface area contributed by atoms with Crippen molar-refractivity contribution >= 4 is 50.5 Å². The molecule has 4 aromatic heterocycles. The summed E-state index contributed by atoms with van der Waals surface area (Å²) in [4.78, 5) is 47.7. The summed E-state index contributed by atoms with van der Waals surface area (Å²) >= 11 is 1.39. The molecule has 12 heteroatoms. The van der Waals surface area contributed by atoms with Crippen LogP contribution in [0.2, 0.25) is 0 Å². The molecule has 0 spiro atoms. The zero-order valence-corrected chi connectivity index (χ0v) is 26.8. The van der Waals surface area contributed by atoms with Crippen LogP contribution in [0.3, 0.4) is 0 Å². The monoisotopic (exact) mass is 658 g/mol. The van der Waals surface area contributed by atoms with Gasteiger partial charge >= 0.3 is 0 Å². The molecule has 0 atom stereocenters. The fourth-order valence-corrected chi connectivity index (χ4v) is 7.71. The number of hydrogen-bond acceptors (Lipinski definition) is 8. The van der Waals surface area contributed by atoms with Crippen LogP contribution in [0, 0.1) is 12.3 Å². The van der Waals surface area contributed by atoms with E-state index >= 15 is 0 Å². The Morgan fingerprint density at radius 2 is 1.75 bits per heavy atom. The highest BCUT2D eigenvalue weighted by Gasteiger charge is 2.28. The molecule has 5 heterocycles. The van der Waals surface area contributed by atoms with Crippen LogP contribution in [0.1, 0.15) is 55.1 Å². The quantitative estimate of drug-likeness (QED) is 0.198. The van der Waals surface area contributed by atoms with Gasteiger partial charge in [0.05, 0.1) is 23.1 Å². The Morgan fingerprint density at radius 3 is 2.60 bits per heavy atom. The van der Waals surface area contributed by atoms with Gasteiger partial charge in [-0.3, -0.25) is 24.2 Å². The Bertz CT molecular complexity index is 2410. The van der Waals surface area contributed by atoms with Crippen LogP contribution in [-0.4, -0.2) is 32.6 Å². The van der Waals surface area contributed by atoms with Gasteiger partial charge in [-0.15, -0.1) is 11.3 Å². The standard InChI is InChI=1S/C36H30N6O5S/c1-20-8-7-15-41-31(20)39-32-25(36(41)45)17-24(30(37)42(32)18-21-13-14-26-27(16-21)47-19-46-26)33(43)40-35-29(23-11-5-6-12-28(23)48-35)34(44)38-22-9-3-2-4-10-22/h2-4,7-10,13-17,37H,5-6,11-12,18-19H2,1H3,(H,38,44)(H,40,43). The number of rotatable bonds is 6. The van der Waals surface area contributed by atoms with Gasteiger partial charge in [-0.25, -0.2) is 4.98 Å². The summed E-state index contributed by atoms with van der Waals surface area (Å²) in [5, 5.41) is 15.8. The second-order valence-corrected chi connectivity index (χ2v) is 13.0. The molecule has 11 nitrogen and oxygen atoms in total. The van der Waals surface area contributed by atoms with E-state index in [1.54, 1.807) is 22.9 Å². The first-order valence-corrected chi connectivity index (χ1v) is 16.5. The number of benzene rings is 2. The first-order chi connectivity index (χ1) is 23.4. The maximum Gasteiger partial charge on any atom is 0.267 e. The minimum atomic E-state index is -0.595. The van der Waals surface area contributed by atoms with E-state index in [1.807, 2.05) is 55.5 Å². The number of para-hydroxylation sites is 1. The molecule has 48 heavy (non-hydrogen) atoms. The predicted octanol–water partition coefficient (Wildman–Crippen LogP) is 5.66. The molecule has 0 saturated heterocycles. The van der Waals surface area contributed by atoms with Gasteiger partial charge in [0, 0.05) is 16.8 Å². The zero-order valence-electron chi connectivity index (χ0n) is 26.0. The van der Waals surface area contributed by atoms with Gasteiger partial charge in [0.15, 0.2) is 11.5 Å². The Balaban J connectivity index is 1.25. The first-order valence-electron chi connectivity index (χ1n) is 15.7. The lowest BCUT2D eigenvalue weighted by Gasteiger charge is -2.16. The van der Waals surface area contributed by atoms with E-state index < -0.39 is 5.91 Å². The van der Waals surface area contributed by atoms with Crippen molar-refractivity contribution in [1.29, 1.82) is 5.41 Å².